The summed E-state index contributed by atoms with van der Waals surface area (Å²) < 4.78 is 19.1. The first-order chi connectivity index (χ1) is 9.61. The number of rotatable bonds is 5. The molecule has 2 nitrogen and oxygen atoms in total. The van der Waals surface area contributed by atoms with Crippen molar-refractivity contribution in [1.82, 2.24) is 0 Å². The molecule has 1 unspecified atom stereocenters. The Bertz CT molecular complexity index is 561. The summed E-state index contributed by atoms with van der Waals surface area (Å²) in [5.74, 6) is 0.301. The second-order valence-electron chi connectivity index (χ2n) is 4.85. The Hall–Kier alpha value is -1.87. The van der Waals surface area contributed by atoms with E-state index in [1.165, 1.54) is 12.1 Å². The maximum atomic E-state index is 13.5. The Morgan fingerprint density at radius 3 is 2.65 bits per heavy atom. The van der Waals surface area contributed by atoms with E-state index in [0.717, 1.165) is 12.0 Å². The summed E-state index contributed by atoms with van der Waals surface area (Å²) >= 11 is 0. The molecule has 0 aliphatic rings. The van der Waals surface area contributed by atoms with Crippen molar-refractivity contribution >= 4 is 0 Å². The maximum Gasteiger partial charge on any atom is 0.125 e. The zero-order valence-corrected chi connectivity index (χ0v) is 11.8. The van der Waals surface area contributed by atoms with Crippen LogP contribution in [0, 0.1) is 12.7 Å². The van der Waals surface area contributed by atoms with Crippen molar-refractivity contribution in [3.8, 4) is 5.75 Å². The highest BCUT2D eigenvalue weighted by Gasteiger charge is 2.16. The minimum Gasteiger partial charge on any atom is -0.493 e. The lowest BCUT2D eigenvalue weighted by molar-refractivity contribution is 0.210. The van der Waals surface area contributed by atoms with Crippen LogP contribution in [0.3, 0.4) is 0 Å². The van der Waals surface area contributed by atoms with Crippen molar-refractivity contribution < 1.29 is 14.2 Å². The lowest BCUT2D eigenvalue weighted by atomic mass is 9.99. The first kappa shape index (κ1) is 14.5. The zero-order valence-electron chi connectivity index (χ0n) is 11.8. The lowest BCUT2D eigenvalue weighted by Gasteiger charge is -2.17. The molecule has 20 heavy (non-hydrogen) atoms. The van der Waals surface area contributed by atoms with Gasteiger partial charge in [0.25, 0.3) is 0 Å². The molecule has 1 N–H and O–H groups in total. The summed E-state index contributed by atoms with van der Waals surface area (Å²) in [7, 11) is 0. The van der Waals surface area contributed by atoms with Gasteiger partial charge in [-0.1, -0.05) is 31.2 Å². The van der Waals surface area contributed by atoms with Crippen LogP contribution < -0.4 is 4.74 Å². The van der Waals surface area contributed by atoms with E-state index in [1.54, 1.807) is 19.1 Å². The van der Waals surface area contributed by atoms with Gasteiger partial charge in [-0.25, -0.2) is 4.39 Å². The second kappa shape index (κ2) is 6.53. The Balaban J connectivity index is 2.34. The number of para-hydroxylation sites is 1. The van der Waals surface area contributed by atoms with E-state index in [9.17, 15) is 9.50 Å². The molecule has 0 saturated heterocycles. The SMILES string of the molecule is CCCOc1ccccc1C(O)c1cc(C)cc(F)c1. The fourth-order valence-corrected chi connectivity index (χ4v) is 2.15. The first-order valence-electron chi connectivity index (χ1n) is 6.78. The van der Waals surface area contributed by atoms with Crippen LogP contribution in [-0.4, -0.2) is 11.7 Å². The lowest BCUT2D eigenvalue weighted by Crippen LogP contribution is -2.05. The highest BCUT2D eigenvalue weighted by molar-refractivity contribution is 5.41. The van der Waals surface area contributed by atoms with Gasteiger partial charge < -0.3 is 9.84 Å². The summed E-state index contributed by atoms with van der Waals surface area (Å²) in [6.45, 7) is 4.42. The molecule has 0 aliphatic heterocycles. The average molecular weight is 274 g/mol. The summed E-state index contributed by atoms with van der Waals surface area (Å²) in [5.41, 5.74) is 1.98. The molecule has 2 aromatic rings. The van der Waals surface area contributed by atoms with Crippen LogP contribution in [0.15, 0.2) is 42.5 Å². The van der Waals surface area contributed by atoms with E-state index in [1.807, 2.05) is 25.1 Å². The molecule has 0 bridgehead atoms. The van der Waals surface area contributed by atoms with E-state index >= 15 is 0 Å². The number of hydrogen-bond donors (Lipinski definition) is 1. The molecule has 3 heteroatoms. The number of ether oxygens (including phenoxy) is 1. The molecule has 2 aromatic carbocycles. The molecule has 0 spiro atoms. The van der Waals surface area contributed by atoms with Gasteiger partial charge in [-0.3, -0.25) is 0 Å². The molecule has 2 rings (SSSR count). The van der Waals surface area contributed by atoms with E-state index in [0.29, 0.717) is 23.5 Å². The third-order valence-corrected chi connectivity index (χ3v) is 3.06. The molecule has 0 amide bonds. The predicted octanol–water partition coefficient (Wildman–Crippen LogP) is 4.00. The molecular formula is C17H19FO2. The number of aliphatic hydroxyl groups is 1. The summed E-state index contributed by atoms with van der Waals surface area (Å²) in [6.07, 6.45) is 0.00112. The molecular weight excluding hydrogens is 255 g/mol. The Morgan fingerprint density at radius 1 is 1.20 bits per heavy atom. The Kier molecular flexibility index (Phi) is 4.74. The zero-order chi connectivity index (χ0) is 14.5. The van der Waals surface area contributed by atoms with E-state index in [2.05, 4.69) is 0 Å². The second-order valence-corrected chi connectivity index (χ2v) is 4.85. The van der Waals surface area contributed by atoms with Crippen LogP contribution in [0.1, 0.15) is 36.1 Å². The van der Waals surface area contributed by atoms with Gasteiger partial charge in [-0.15, -0.1) is 0 Å². The third-order valence-electron chi connectivity index (χ3n) is 3.06. The van der Waals surface area contributed by atoms with Gasteiger partial charge in [0.15, 0.2) is 0 Å². The van der Waals surface area contributed by atoms with E-state index < -0.39 is 6.10 Å². The molecule has 0 aliphatic carbocycles. The molecule has 0 saturated carbocycles. The van der Waals surface area contributed by atoms with E-state index in [-0.39, 0.29) is 5.82 Å². The van der Waals surface area contributed by atoms with Crippen molar-refractivity contribution in [3.63, 3.8) is 0 Å². The fraction of sp³-hybridized carbons (Fsp3) is 0.294. The summed E-state index contributed by atoms with van der Waals surface area (Å²) in [4.78, 5) is 0. The monoisotopic (exact) mass is 274 g/mol. The van der Waals surface area contributed by atoms with Gasteiger partial charge in [0.2, 0.25) is 0 Å². The largest absolute Gasteiger partial charge is 0.493 e. The minimum absolute atomic E-state index is 0.342. The molecule has 0 aromatic heterocycles. The van der Waals surface area contributed by atoms with Crippen LogP contribution in [-0.2, 0) is 0 Å². The Labute approximate surface area is 118 Å². The normalized spacial score (nSPS) is 12.2. The number of hydrogen-bond acceptors (Lipinski definition) is 2. The van der Waals surface area contributed by atoms with Crippen molar-refractivity contribution in [2.45, 2.75) is 26.4 Å². The topological polar surface area (TPSA) is 29.5 Å². The molecule has 106 valence electrons. The van der Waals surface area contributed by atoms with Gasteiger partial charge in [-0.2, -0.15) is 0 Å². The standard InChI is InChI=1S/C17H19FO2/c1-3-8-20-16-7-5-4-6-15(16)17(19)13-9-12(2)10-14(18)11-13/h4-7,9-11,17,19H,3,8H2,1-2H3. The highest BCUT2D eigenvalue weighted by atomic mass is 19.1. The smallest absolute Gasteiger partial charge is 0.125 e. The van der Waals surface area contributed by atoms with Crippen LogP contribution in [0.4, 0.5) is 4.39 Å². The Morgan fingerprint density at radius 2 is 1.95 bits per heavy atom. The summed E-state index contributed by atoms with van der Waals surface area (Å²) in [5, 5.41) is 10.5. The average Bonchev–Trinajstić information content (AvgIpc) is 2.43. The third kappa shape index (κ3) is 3.36. The number of aliphatic hydroxyl groups excluding tert-OH is 1. The van der Waals surface area contributed by atoms with Gasteiger partial charge in [-0.05, 0) is 42.7 Å². The van der Waals surface area contributed by atoms with Crippen molar-refractivity contribution in [3.05, 3.63) is 65.0 Å². The van der Waals surface area contributed by atoms with Crippen LogP contribution in [0.2, 0.25) is 0 Å². The van der Waals surface area contributed by atoms with E-state index in [4.69, 9.17) is 4.74 Å². The quantitative estimate of drug-likeness (QED) is 0.892. The van der Waals surface area contributed by atoms with Gasteiger partial charge in [0.1, 0.15) is 17.7 Å². The van der Waals surface area contributed by atoms with Crippen molar-refractivity contribution in [1.29, 1.82) is 0 Å². The summed E-state index contributed by atoms with van der Waals surface area (Å²) in [6, 6.07) is 11.9. The molecule has 0 fully saturated rings. The maximum absolute atomic E-state index is 13.5. The van der Waals surface area contributed by atoms with Crippen molar-refractivity contribution in [2.75, 3.05) is 6.61 Å². The van der Waals surface area contributed by atoms with Crippen molar-refractivity contribution in [2.24, 2.45) is 0 Å². The fourth-order valence-electron chi connectivity index (χ4n) is 2.15. The molecule has 0 heterocycles. The minimum atomic E-state index is -0.891. The highest BCUT2D eigenvalue weighted by Crippen LogP contribution is 2.30. The number of halogens is 1. The van der Waals surface area contributed by atoms with Gasteiger partial charge in [0, 0.05) is 5.56 Å². The van der Waals surface area contributed by atoms with Gasteiger partial charge in [0.05, 0.1) is 6.61 Å². The van der Waals surface area contributed by atoms with Crippen LogP contribution in [0.5, 0.6) is 5.75 Å². The number of benzene rings is 2. The van der Waals surface area contributed by atoms with Gasteiger partial charge >= 0.3 is 0 Å². The predicted molar refractivity (Wildman–Crippen MR) is 77.4 cm³/mol. The van der Waals surface area contributed by atoms with Crippen LogP contribution >= 0.6 is 0 Å². The number of aryl methyl sites for hydroxylation is 1. The molecule has 1 atom stereocenters. The molecule has 0 radical (unpaired) electrons. The first-order valence-corrected chi connectivity index (χ1v) is 6.78. The van der Waals surface area contributed by atoms with Crippen LogP contribution in [0.25, 0.3) is 0 Å².